The van der Waals surface area contributed by atoms with Crippen LogP contribution in [0.3, 0.4) is 0 Å². The number of sulfonamides is 1. The van der Waals surface area contributed by atoms with Gasteiger partial charge < -0.3 is 15.2 Å². The minimum absolute atomic E-state index is 0.0184. The quantitative estimate of drug-likeness (QED) is 0.714. The van der Waals surface area contributed by atoms with Gasteiger partial charge in [0, 0.05) is 39.4 Å². The van der Waals surface area contributed by atoms with Crippen LogP contribution in [0.15, 0.2) is 17.6 Å². The molecule has 1 aliphatic rings. The molecule has 2 rings (SSSR count). The Morgan fingerprint density at radius 2 is 2.35 bits per heavy atom. The molecule has 1 saturated heterocycles. The smallest absolute Gasteiger partial charge is 0.262 e. The minimum atomic E-state index is -3.76. The van der Waals surface area contributed by atoms with Crippen LogP contribution in [-0.4, -0.2) is 60.9 Å². The number of nitrogens with one attached hydrogen (secondary N) is 2. The molecule has 8 nitrogen and oxygen atoms in total. The summed E-state index contributed by atoms with van der Waals surface area (Å²) in [5.74, 6) is -0.323. The zero-order chi connectivity index (χ0) is 14.8. The topological polar surface area (TPSA) is 96.3 Å². The number of carbonyl (C=O) groups excluding carboxylic acids is 1. The largest absolute Gasteiger partial charge is 0.358 e. The summed E-state index contributed by atoms with van der Waals surface area (Å²) in [4.78, 5) is 15.8. The van der Waals surface area contributed by atoms with Crippen molar-refractivity contribution in [3.05, 3.63) is 12.5 Å². The molecule has 0 spiro atoms. The van der Waals surface area contributed by atoms with Gasteiger partial charge in [-0.1, -0.05) is 0 Å². The first-order valence-corrected chi connectivity index (χ1v) is 7.90. The molecule has 0 radical (unpaired) electrons. The summed E-state index contributed by atoms with van der Waals surface area (Å²) < 4.78 is 28.1. The molecular weight excluding hydrogens is 282 g/mol. The molecular formula is C11H19N5O3S. The number of aryl methyl sites for hydroxylation is 1. The van der Waals surface area contributed by atoms with Crippen LogP contribution in [0.4, 0.5) is 0 Å². The SMILES string of the molecule is CCn1cnc(S(=O)(=O)N2CCNCC2C(=O)NC)c1. The summed E-state index contributed by atoms with van der Waals surface area (Å²) in [6.07, 6.45) is 2.96. The van der Waals surface area contributed by atoms with Crippen LogP contribution in [0.25, 0.3) is 0 Å². The molecule has 1 aromatic heterocycles. The van der Waals surface area contributed by atoms with Gasteiger partial charge in [-0.25, -0.2) is 13.4 Å². The number of hydrogen-bond acceptors (Lipinski definition) is 5. The molecule has 112 valence electrons. The molecule has 1 atom stereocenters. The number of piperazine rings is 1. The van der Waals surface area contributed by atoms with Crippen LogP contribution in [0.5, 0.6) is 0 Å². The first-order chi connectivity index (χ1) is 9.50. The second-order valence-corrected chi connectivity index (χ2v) is 6.33. The highest BCUT2D eigenvalue weighted by Gasteiger charge is 2.38. The van der Waals surface area contributed by atoms with E-state index in [1.807, 2.05) is 6.92 Å². The first kappa shape index (κ1) is 14.9. The molecule has 0 aliphatic carbocycles. The van der Waals surface area contributed by atoms with Crippen molar-refractivity contribution in [2.75, 3.05) is 26.7 Å². The van der Waals surface area contributed by atoms with Crippen LogP contribution in [0.1, 0.15) is 6.92 Å². The maximum absolute atomic E-state index is 12.6. The highest BCUT2D eigenvalue weighted by Crippen LogP contribution is 2.18. The number of aromatic nitrogens is 2. The Balaban J connectivity index is 2.32. The molecule has 1 aliphatic heterocycles. The Hall–Kier alpha value is -1.45. The van der Waals surface area contributed by atoms with Crippen LogP contribution in [0.2, 0.25) is 0 Å². The van der Waals surface area contributed by atoms with Gasteiger partial charge in [-0.05, 0) is 6.92 Å². The van der Waals surface area contributed by atoms with Crippen LogP contribution >= 0.6 is 0 Å². The molecule has 1 amide bonds. The maximum atomic E-state index is 12.6. The lowest BCUT2D eigenvalue weighted by Crippen LogP contribution is -2.59. The lowest BCUT2D eigenvalue weighted by atomic mass is 10.2. The molecule has 0 bridgehead atoms. The Morgan fingerprint density at radius 3 is 2.95 bits per heavy atom. The predicted molar refractivity (Wildman–Crippen MR) is 72.5 cm³/mol. The van der Waals surface area contributed by atoms with Crippen LogP contribution < -0.4 is 10.6 Å². The minimum Gasteiger partial charge on any atom is -0.358 e. The van der Waals surface area contributed by atoms with E-state index in [2.05, 4.69) is 15.6 Å². The fourth-order valence-corrected chi connectivity index (χ4v) is 3.66. The summed E-state index contributed by atoms with van der Waals surface area (Å²) in [6.45, 7) is 3.60. The van der Waals surface area contributed by atoms with Gasteiger partial charge >= 0.3 is 0 Å². The van der Waals surface area contributed by atoms with Gasteiger partial charge in [-0.2, -0.15) is 4.31 Å². The Labute approximate surface area is 118 Å². The number of hydrogen-bond donors (Lipinski definition) is 2. The molecule has 20 heavy (non-hydrogen) atoms. The van der Waals surface area contributed by atoms with Crippen molar-refractivity contribution in [3.63, 3.8) is 0 Å². The van der Waals surface area contributed by atoms with Crippen molar-refractivity contribution >= 4 is 15.9 Å². The fraction of sp³-hybridized carbons (Fsp3) is 0.636. The number of nitrogens with zero attached hydrogens (tertiary/aromatic N) is 3. The maximum Gasteiger partial charge on any atom is 0.262 e. The summed E-state index contributed by atoms with van der Waals surface area (Å²) in [5, 5.41) is 5.50. The van der Waals surface area contributed by atoms with Gasteiger partial charge in [-0.3, -0.25) is 4.79 Å². The predicted octanol–water partition coefficient (Wildman–Crippen LogP) is -1.39. The van der Waals surface area contributed by atoms with Gasteiger partial charge in [0.1, 0.15) is 6.04 Å². The molecule has 0 aromatic carbocycles. The molecule has 9 heteroatoms. The van der Waals surface area contributed by atoms with E-state index in [0.29, 0.717) is 19.6 Å². The molecule has 2 heterocycles. The third-order valence-electron chi connectivity index (χ3n) is 3.29. The van der Waals surface area contributed by atoms with Crippen molar-refractivity contribution in [1.82, 2.24) is 24.5 Å². The third-order valence-corrected chi connectivity index (χ3v) is 5.08. The fourth-order valence-electron chi connectivity index (χ4n) is 2.13. The summed E-state index contributed by atoms with van der Waals surface area (Å²) in [6, 6.07) is -0.745. The Bertz CT molecular complexity index is 583. The van der Waals surface area contributed by atoms with Gasteiger partial charge in [0.25, 0.3) is 10.0 Å². The van der Waals surface area contributed by atoms with Gasteiger partial charge in [-0.15, -0.1) is 0 Å². The van der Waals surface area contributed by atoms with Gasteiger partial charge in [0.2, 0.25) is 5.91 Å². The van der Waals surface area contributed by atoms with E-state index in [0.717, 1.165) is 0 Å². The van der Waals surface area contributed by atoms with Gasteiger partial charge in [0.15, 0.2) is 5.03 Å². The number of imidazole rings is 1. The number of rotatable bonds is 4. The van der Waals surface area contributed by atoms with E-state index in [-0.39, 0.29) is 17.5 Å². The lowest BCUT2D eigenvalue weighted by Gasteiger charge is -2.33. The van der Waals surface area contributed by atoms with Crippen LogP contribution in [-0.2, 0) is 21.4 Å². The van der Waals surface area contributed by atoms with E-state index < -0.39 is 16.1 Å². The standard InChI is InChI=1S/C11H19N5O3S/c1-3-15-7-10(14-8-15)20(18,19)16-5-4-13-6-9(16)11(17)12-2/h7-9,13H,3-6H2,1-2H3,(H,12,17). The number of amides is 1. The highest BCUT2D eigenvalue weighted by atomic mass is 32.2. The summed E-state index contributed by atoms with van der Waals surface area (Å²) >= 11 is 0. The third kappa shape index (κ3) is 2.69. The van der Waals surface area contributed by atoms with Crippen molar-refractivity contribution in [1.29, 1.82) is 0 Å². The van der Waals surface area contributed by atoms with Crippen molar-refractivity contribution < 1.29 is 13.2 Å². The monoisotopic (exact) mass is 301 g/mol. The van der Waals surface area contributed by atoms with Gasteiger partial charge in [0.05, 0.1) is 6.33 Å². The van der Waals surface area contributed by atoms with Crippen molar-refractivity contribution in [2.45, 2.75) is 24.5 Å². The Kier molecular flexibility index (Phi) is 4.41. The molecule has 1 aromatic rings. The summed E-state index contributed by atoms with van der Waals surface area (Å²) in [7, 11) is -2.26. The second kappa shape index (κ2) is 5.90. The van der Waals surface area contributed by atoms with Crippen molar-refractivity contribution in [3.8, 4) is 0 Å². The van der Waals surface area contributed by atoms with E-state index in [1.54, 1.807) is 4.57 Å². The van der Waals surface area contributed by atoms with Crippen molar-refractivity contribution in [2.24, 2.45) is 0 Å². The number of carbonyl (C=O) groups is 1. The Morgan fingerprint density at radius 1 is 1.60 bits per heavy atom. The lowest BCUT2D eigenvalue weighted by molar-refractivity contribution is -0.124. The molecule has 1 unspecified atom stereocenters. The van der Waals surface area contributed by atoms with E-state index in [4.69, 9.17) is 0 Å². The van der Waals surface area contributed by atoms with E-state index >= 15 is 0 Å². The molecule has 1 fully saturated rings. The summed E-state index contributed by atoms with van der Waals surface area (Å²) in [5.41, 5.74) is 0. The molecule has 2 N–H and O–H groups in total. The van der Waals surface area contributed by atoms with Crippen LogP contribution in [0, 0.1) is 0 Å². The molecule has 0 saturated carbocycles. The zero-order valence-corrected chi connectivity index (χ0v) is 12.4. The first-order valence-electron chi connectivity index (χ1n) is 6.46. The zero-order valence-electron chi connectivity index (χ0n) is 11.5. The second-order valence-electron chi connectivity index (χ2n) is 4.49. The average Bonchev–Trinajstić information content (AvgIpc) is 2.96. The average molecular weight is 301 g/mol. The normalized spacial score (nSPS) is 20.8. The number of likely N-dealkylation sites (N-methyl/N-ethyl adjacent to an activating group) is 1. The van der Waals surface area contributed by atoms with E-state index in [9.17, 15) is 13.2 Å². The highest BCUT2D eigenvalue weighted by molar-refractivity contribution is 7.89. The van der Waals surface area contributed by atoms with E-state index in [1.165, 1.54) is 23.9 Å².